The number of benzene rings is 1. The highest BCUT2D eigenvalue weighted by molar-refractivity contribution is 5.76. The van der Waals surface area contributed by atoms with Gasteiger partial charge in [-0.15, -0.1) is 0 Å². The molecule has 5 nitrogen and oxygen atoms in total. The molecule has 19 heavy (non-hydrogen) atoms. The van der Waals surface area contributed by atoms with E-state index in [4.69, 9.17) is 0 Å². The van der Waals surface area contributed by atoms with Crippen LogP contribution in [0.15, 0.2) is 43.0 Å². The summed E-state index contributed by atoms with van der Waals surface area (Å²) >= 11 is 0. The molecule has 0 aliphatic heterocycles. The van der Waals surface area contributed by atoms with Gasteiger partial charge in [-0.2, -0.15) is 0 Å². The molecule has 5 heteroatoms. The van der Waals surface area contributed by atoms with Crippen LogP contribution in [-0.2, 0) is 13.1 Å². The fourth-order valence-electron chi connectivity index (χ4n) is 1.87. The minimum atomic E-state index is -0.169. The number of aromatic nitrogens is 2. The Hall–Kier alpha value is -2.14. The van der Waals surface area contributed by atoms with E-state index in [9.17, 15) is 4.79 Å². The largest absolute Gasteiger partial charge is 0.333 e. The molecule has 0 unspecified atom stereocenters. The van der Waals surface area contributed by atoms with Crippen molar-refractivity contribution in [3.63, 3.8) is 0 Å². The fourth-order valence-corrected chi connectivity index (χ4v) is 1.87. The molecule has 1 N–H and O–H groups in total. The highest BCUT2D eigenvalue weighted by Crippen LogP contribution is 2.10. The Morgan fingerprint density at radius 2 is 2.05 bits per heavy atom. The van der Waals surface area contributed by atoms with Gasteiger partial charge in [-0.05, 0) is 25.2 Å². The normalized spacial score (nSPS) is 10.7. The standard InChI is InChI=1S/C14H18N4O/c1-17(2)10-13-6-4-3-5-12(13)9-16-14(19)18-8-7-15-11-18/h3-8,11H,9-10H2,1-2H3,(H,16,19). The molecule has 1 amide bonds. The number of carbonyl (C=O) groups is 1. The molecule has 0 radical (unpaired) electrons. The smallest absolute Gasteiger partial charge is 0.327 e. The van der Waals surface area contributed by atoms with Crippen molar-refractivity contribution in [1.29, 1.82) is 0 Å². The van der Waals surface area contributed by atoms with Crippen molar-refractivity contribution in [2.24, 2.45) is 0 Å². The maximum absolute atomic E-state index is 11.8. The van der Waals surface area contributed by atoms with Crippen LogP contribution in [0.25, 0.3) is 0 Å². The lowest BCUT2D eigenvalue weighted by Crippen LogP contribution is -2.27. The van der Waals surface area contributed by atoms with Crippen molar-refractivity contribution in [3.8, 4) is 0 Å². The van der Waals surface area contributed by atoms with Crippen LogP contribution in [0.2, 0.25) is 0 Å². The Morgan fingerprint density at radius 3 is 2.68 bits per heavy atom. The molecule has 1 heterocycles. The number of rotatable bonds is 4. The number of nitrogens with zero attached hydrogens (tertiary/aromatic N) is 3. The Labute approximate surface area is 112 Å². The summed E-state index contributed by atoms with van der Waals surface area (Å²) in [6, 6.07) is 7.95. The van der Waals surface area contributed by atoms with Crippen molar-refractivity contribution in [1.82, 2.24) is 19.8 Å². The van der Waals surface area contributed by atoms with Gasteiger partial charge in [0.25, 0.3) is 0 Å². The second-order valence-corrected chi connectivity index (χ2v) is 4.64. The minimum Gasteiger partial charge on any atom is -0.333 e. The zero-order chi connectivity index (χ0) is 13.7. The molecule has 0 aliphatic carbocycles. The lowest BCUT2D eigenvalue weighted by molar-refractivity contribution is 0.242. The summed E-state index contributed by atoms with van der Waals surface area (Å²) < 4.78 is 1.43. The lowest BCUT2D eigenvalue weighted by Gasteiger charge is -2.14. The van der Waals surface area contributed by atoms with Gasteiger partial charge in [-0.25, -0.2) is 9.78 Å². The van der Waals surface area contributed by atoms with Crippen LogP contribution in [0, 0.1) is 0 Å². The number of nitrogens with one attached hydrogen (secondary N) is 1. The van der Waals surface area contributed by atoms with Gasteiger partial charge in [0.1, 0.15) is 6.33 Å². The van der Waals surface area contributed by atoms with Crippen LogP contribution in [0.3, 0.4) is 0 Å². The van der Waals surface area contributed by atoms with Gasteiger partial charge in [0.05, 0.1) is 0 Å². The Balaban J connectivity index is 2.01. The van der Waals surface area contributed by atoms with Crippen molar-refractivity contribution in [2.45, 2.75) is 13.1 Å². The van der Waals surface area contributed by atoms with Gasteiger partial charge in [0.15, 0.2) is 0 Å². The number of carbonyl (C=O) groups excluding carboxylic acids is 1. The summed E-state index contributed by atoms with van der Waals surface area (Å²) in [5.74, 6) is 0. The van der Waals surface area contributed by atoms with E-state index >= 15 is 0 Å². The topological polar surface area (TPSA) is 50.2 Å². The zero-order valence-electron chi connectivity index (χ0n) is 11.2. The van der Waals surface area contributed by atoms with Gasteiger partial charge in [0, 0.05) is 25.5 Å². The van der Waals surface area contributed by atoms with Crippen LogP contribution in [0.4, 0.5) is 4.79 Å². The summed E-state index contributed by atoms with van der Waals surface area (Å²) in [6.07, 6.45) is 4.70. The molecule has 0 saturated heterocycles. The summed E-state index contributed by atoms with van der Waals surface area (Å²) in [6.45, 7) is 1.37. The second-order valence-electron chi connectivity index (χ2n) is 4.64. The van der Waals surface area contributed by atoms with Crippen molar-refractivity contribution in [3.05, 3.63) is 54.1 Å². The van der Waals surface area contributed by atoms with Crippen LogP contribution in [-0.4, -0.2) is 34.6 Å². The van der Waals surface area contributed by atoms with E-state index in [-0.39, 0.29) is 6.03 Å². The molecule has 0 fully saturated rings. The molecule has 0 saturated carbocycles. The third-order valence-corrected chi connectivity index (χ3v) is 2.77. The Morgan fingerprint density at radius 1 is 1.32 bits per heavy atom. The maximum Gasteiger partial charge on any atom is 0.327 e. The van der Waals surface area contributed by atoms with Gasteiger partial charge < -0.3 is 10.2 Å². The first kappa shape index (κ1) is 13.3. The summed E-state index contributed by atoms with van der Waals surface area (Å²) in [5, 5.41) is 2.88. The van der Waals surface area contributed by atoms with Gasteiger partial charge >= 0.3 is 6.03 Å². The highest BCUT2D eigenvalue weighted by Gasteiger charge is 2.06. The Bertz CT molecular complexity index is 534. The third-order valence-electron chi connectivity index (χ3n) is 2.77. The molecule has 100 valence electrons. The highest BCUT2D eigenvalue weighted by atomic mass is 16.2. The predicted molar refractivity (Wildman–Crippen MR) is 73.7 cm³/mol. The van der Waals surface area contributed by atoms with Crippen LogP contribution in [0.5, 0.6) is 0 Å². The predicted octanol–water partition coefficient (Wildman–Crippen LogP) is 1.70. The molecule has 1 aromatic heterocycles. The maximum atomic E-state index is 11.8. The first-order chi connectivity index (χ1) is 9.16. The number of hydrogen-bond donors (Lipinski definition) is 1. The van der Waals surface area contributed by atoms with Crippen molar-refractivity contribution in [2.75, 3.05) is 14.1 Å². The molecule has 0 spiro atoms. The molecular formula is C14H18N4O. The molecule has 0 aliphatic rings. The van der Waals surface area contributed by atoms with Crippen LogP contribution in [0.1, 0.15) is 11.1 Å². The number of imidazole rings is 1. The molecule has 2 aromatic rings. The fraction of sp³-hybridized carbons (Fsp3) is 0.286. The third kappa shape index (κ3) is 3.66. The average Bonchev–Trinajstić information content (AvgIpc) is 2.90. The molecule has 0 bridgehead atoms. The second kappa shape index (κ2) is 6.15. The first-order valence-electron chi connectivity index (χ1n) is 6.14. The van der Waals surface area contributed by atoms with Crippen LogP contribution >= 0.6 is 0 Å². The SMILES string of the molecule is CN(C)Cc1ccccc1CNC(=O)n1ccnc1. The molecular weight excluding hydrogens is 240 g/mol. The lowest BCUT2D eigenvalue weighted by atomic mass is 10.1. The first-order valence-corrected chi connectivity index (χ1v) is 6.14. The van der Waals surface area contributed by atoms with Crippen molar-refractivity contribution >= 4 is 6.03 Å². The van der Waals surface area contributed by atoms with Gasteiger partial charge in [-0.3, -0.25) is 4.57 Å². The van der Waals surface area contributed by atoms with Gasteiger partial charge in [-0.1, -0.05) is 24.3 Å². The average molecular weight is 258 g/mol. The molecule has 0 atom stereocenters. The summed E-state index contributed by atoms with van der Waals surface area (Å²) in [7, 11) is 4.06. The molecule has 1 aromatic carbocycles. The van der Waals surface area contributed by atoms with E-state index in [0.29, 0.717) is 6.54 Å². The van der Waals surface area contributed by atoms with E-state index in [1.165, 1.54) is 16.5 Å². The monoisotopic (exact) mass is 258 g/mol. The van der Waals surface area contributed by atoms with E-state index in [1.54, 1.807) is 12.4 Å². The van der Waals surface area contributed by atoms with Crippen LogP contribution < -0.4 is 5.32 Å². The van der Waals surface area contributed by atoms with E-state index < -0.39 is 0 Å². The summed E-state index contributed by atoms with van der Waals surface area (Å²) in [5.41, 5.74) is 2.35. The Kier molecular flexibility index (Phi) is 4.30. The van der Waals surface area contributed by atoms with Crippen molar-refractivity contribution < 1.29 is 4.79 Å². The minimum absolute atomic E-state index is 0.169. The van der Waals surface area contributed by atoms with Gasteiger partial charge in [0.2, 0.25) is 0 Å². The zero-order valence-corrected chi connectivity index (χ0v) is 11.2. The number of hydrogen-bond acceptors (Lipinski definition) is 3. The van der Waals surface area contributed by atoms with E-state index in [2.05, 4.69) is 21.3 Å². The van der Waals surface area contributed by atoms with E-state index in [0.717, 1.165) is 12.1 Å². The molecule has 2 rings (SSSR count). The summed E-state index contributed by atoms with van der Waals surface area (Å²) in [4.78, 5) is 17.8. The quantitative estimate of drug-likeness (QED) is 0.908. The van der Waals surface area contributed by atoms with E-state index in [1.807, 2.05) is 32.3 Å². The number of amides is 1.